The summed E-state index contributed by atoms with van der Waals surface area (Å²) in [6.07, 6.45) is 10.0. The summed E-state index contributed by atoms with van der Waals surface area (Å²) in [5, 5.41) is 0. The number of benzene rings is 2. The van der Waals surface area contributed by atoms with Gasteiger partial charge in [-0.1, -0.05) is 12.1 Å². The maximum atomic E-state index is 12.4. The van der Waals surface area contributed by atoms with Gasteiger partial charge in [0.2, 0.25) is 0 Å². The van der Waals surface area contributed by atoms with Crippen molar-refractivity contribution in [2.24, 2.45) is 0 Å². The van der Waals surface area contributed by atoms with Crippen LogP contribution in [0.15, 0.2) is 66.7 Å². The molecular weight excluding hydrogens is 1040 g/mol. The highest BCUT2D eigenvalue weighted by atomic mass is 16.7. The number of carbonyl (C=O) groups excluding carboxylic acids is 4. The Hall–Kier alpha value is -7.90. The Morgan fingerprint density at radius 1 is 0.469 bits per heavy atom. The minimum Gasteiger partial charge on any atom is -0.493 e. The number of fused-ring (bicyclic) bond motifs is 8. The fourth-order valence-electron chi connectivity index (χ4n) is 9.42. The third-order valence-electron chi connectivity index (χ3n) is 13.9. The van der Waals surface area contributed by atoms with E-state index in [0.29, 0.717) is 116 Å². The fourth-order valence-corrected chi connectivity index (χ4v) is 9.42. The van der Waals surface area contributed by atoms with E-state index >= 15 is 0 Å². The Bertz CT molecular complexity index is 3100. The molecule has 3 aromatic heterocycles. The average molecular weight is 1110 g/mol. The smallest absolute Gasteiger partial charge is 0.493 e. The molecule has 0 aliphatic carbocycles. The number of H-pyrrole nitrogens is 2. The van der Waals surface area contributed by atoms with Crippen LogP contribution in [0.2, 0.25) is 0 Å². The first-order valence-corrected chi connectivity index (χ1v) is 28.0. The summed E-state index contributed by atoms with van der Waals surface area (Å²) in [7, 11) is -0.910. The van der Waals surface area contributed by atoms with Crippen molar-refractivity contribution < 1.29 is 66.4 Å². The van der Waals surface area contributed by atoms with Gasteiger partial charge >= 0.3 is 31.0 Å². The molecule has 5 aromatic rings. The summed E-state index contributed by atoms with van der Waals surface area (Å²) < 4.78 is 60.8. The van der Waals surface area contributed by atoms with E-state index in [9.17, 15) is 19.2 Å². The summed E-state index contributed by atoms with van der Waals surface area (Å²) >= 11 is 0. The van der Waals surface area contributed by atoms with E-state index in [4.69, 9.17) is 57.2 Å². The van der Waals surface area contributed by atoms with Crippen LogP contribution in [0.4, 0.5) is 0 Å². The Kier molecular flexibility index (Phi) is 20.1. The molecule has 1 saturated heterocycles. The Morgan fingerprint density at radius 2 is 0.852 bits per heavy atom. The Balaban J connectivity index is 1.36. The van der Waals surface area contributed by atoms with Gasteiger partial charge in [0.15, 0.2) is 0 Å². The normalized spacial score (nSPS) is 13.9. The minimum atomic E-state index is -0.910. The summed E-state index contributed by atoms with van der Waals surface area (Å²) in [6, 6.07) is 20.9. The standard InChI is InChI=1S/C62H73BN4O14/c1-9-72-52(68)23-15-35-76-48-19-13-20-49(77-36-16-24-53(69)73-10-2)58(48)56-42-29-27-40(64-42)39-41-28-30-43(65-41)57(45-32-34-47(67-45)60(46-33-31-44(56)66-46)63-80-61(5,6)62(7,8)81-63)59-50(78-37-17-25-54(70)74-11-3)21-14-22-51(59)79-38-18-26-55(71)75-12-4/h13-14,19-22,27-34,39,64,67H,9-12,15-18,23-26,35-38H2,1-8H3. The molecule has 0 unspecified atom stereocenters. The molecular formula is C62H73BN4O14. The van der Waals surface area contributed by atoms with Gasteiger partial charge in [0.05, 0.1) is 98.0 Å². The maximum Gasteiger partial charge on any atom is 0.499 e. The number of hydrogen-bond acceptors (Lipinski definition) is 16. The van der Waals surface area contributed by atoms with Gasteiger partial charge in [-0.05, 0) is 160 Å². The highest BCUT2D eigenvalue weighted by Crippen LogP contribution is 2.45. The maximum absolute atomic E-state index is 12.4. The van der Waals surface area contributed by atoms with Crippen LogP contribution in [-0.2, 0) is 47.4 Å². The second kappa shape index (κ2) is 27.5. The molecule has 0 radical (unpaired) electrons. The SMILES string of the molecule is CCOC(=O)CCCOc1cccc(OCCCC(=O)OCC)c1-c1c2nc(c(B3OC(C)(C)C(C)(C)O3)c3ccc([nH]3)c(-c3c(OCCCC(=O)OCC)cccc3OCCCC(=O)OCC)c3nc(cc4ccc1[nH]4)C=C3)C=C2. The van der Waals surface area contributed by atoms with E-state index in [1.807, 2.05) is 119 Å². The van der Waals surface area contributed by atoms with E-state index in [-0.39, 0.29) is 102 Å². The number of aromatic amines is 2. The predicted octanol–water partition coefficient (Wildman–Crippen LogP) is 11.2. The topological polar surface area (TPSA) is 218 Å². The van der Waals surface area contributed by atoms with E-state index in [1.54, 1.807) is 27.7 Å². The molecule has 2 aromatic carbocycles. The molecule has 0 atom stereocenters. The fraction of sp³-hybridized carbons (Fsp3) is 0.419. The number of hydrogen-bond donors (Lipinski definition) is 2. The molecule has 19 heteroatoms. The van der Waals surface area contributed by atoms with Gasteiger partial charge < -0.3 is 57.2 Å². The predicted molar refractivity (Wildman–Crippen MR) is 311 cm³/mol. The van der Waals surface area contributed by atoms with Crippen LogP contribution < -0.4 is 24.4 Å². The summed E-state index contributed by atoms with van der Waals surface area (Å²) in [5.74, 6) is 0.692. The zero-order chi connectivity index (χ0) is 57.5. The van der Waals surface area contributed by atoms with Crippen LogP contribution in [0.3, 0.4) is 0 Å². The van der Waals surface area contributed by atoms with Gasteiger partial charge in [0.1, 0.15) is 23.0 Å². The number of aromatic nitrogens is 4. The molecule has 0 spiro atoms. The van der Waals surface area contributed by atoms with Crippen molar-refractivity contribution in [1.29, 1.82) is 0 Å². The van der Waals surface area contributed by atoms with Gasteiger partial charge in [0.25, 0.3) is 0 Å². The monoisotopic (exact) mass is 1110 g/mol. The zero-order valence-electron chi connectivity index (χ0n) is 47.7. The van der Waals surface area contributed by atoms with Crippen molar-refractivity contribution in [3.05, 3.63) is 89.5 Å². The van der Waals surface area contributed by atoms with Crippen LogP contribution in [0.5, 0.6) is 23.0 Å². The van der Waals surface area contributed by atoms with E-state index in [0.717, 1.165) is 5.52 Å². The van der Waals surface area contributed by atoms with Crippen LogP contribution in [-0.4, -0.2) is 115 Å². The van der Waals surface area contributed by atoms with Crippen LogP contribution >= 0.6 is 0 Å². The van der Waals surface area contributed by atoms with E-state index in [1.165, 1.54) is 0 Å². The lowest BCUT2D eigenvalue weighted by Crippen LogP contribution is -2.41. The number of rotatable bonds is 27. The number of ether oxygens (including phenoxy) is 8. The third kappa shape index (κ3) is 14.7. The summed E-state index contributed by atoms with van der Waals surface area (Å²) in [4.78, 5) is 67.7. The number of nitrogens with one attached hydrogen (secondary N) is 2. The molecule has 6 heterocycles. The van der Waals surface area contributed by atoms with E-state index < -0.39 is 18.3 Å². The van der Waals surface area contributed by atoms with Gasteiger partial charge in [-0.3, -0.25) is 19.2 Å². The van der Waals surface area contributed by atoms with E-state index in [2.05, 4.69) is 9.97 Å². The van der Waals surface area contributed by atoms with Gasteiger partial charge in [0, 0.05) is 64.3 Å². The van der Waals surface area contributed by atoms with Crippen molar-refractivity contribution in [1.82, 2.24) is 19.9 Å². The van der Waals surface area contributed by atoms with Crippen molar-refractivity contribution >= 4 is 82.8 Å². The lowest BCUT2D eigenvalue weighted by atomic mass is 9.77. The van der Waals surface area contributed by atoms with Gasteiger partial charge in [-0.25, -0.2) is 9.97 Å². The Labute approximate surface area is 473 Å². The molecule has 1 fully saturated rings. The first-order chi connectivity index (χ1) is 39.1. The van der Waals surface area contributed by atoms with Crippen LogP contribution in [0.1, 0.15) is 130 Å². The van der Waals surface area contributed by atoms with Gasteiger partial charge in [-0.2, -0.15) is 0 Å². The second-order valence-corrected chi connectivity index (χ2v) is 20.3. The van der Waals surface area contributed by atoms with Gasteiger partial charge in [-0.15, -0.1) is 0 Å². The Morgan fingerprint density at radius 3 is 1.30 bits per heavy atom. The number of esters is 4. The summed E-state index contributed by atoms with van der Waals surface area (Å²) in [5.41, 5.74) is 6.65. The lowest BCUT2D eigenvalue weighted by Gasteiger charge is -2.32. The first kappa shape index (κ1) is 59.2. The molecule has 2 N–H and O–H groups in total. The zero-order valence-corrected chi connectivity index (χ0v) is 47.7. The van der Waals surface area contributed by atoms with Crippen molar-refractivity contribution in [2.75, 3.05) is 52.9 Å². The molecule has 428 valence electrons. The second-order valence-electron chi connectivity index (χ2n) is 20.3. The highest BCUT2D eigenvalue weighted by Gasteiger charge is 2.53. The molecule has 18 nitrogen and oxygen atoms in total. The lowest BCUT2D eigenvalue weighted by molar-refractivity contribution is -0.144. The molecule has 81 heavy (non-hydrogen) atoms. The van der Waals surface area contributed by atoms with Crippen molar-refractivity contribution in [3.63, 3.8) is 0 Å². The third-order valence-corrected chi connectivity index (χ3v) is 13.9. The average Bonchev–Trinajstić information content (AvgIpc) is 4.34. The summed E-state index contributed by atoms with van der Waals surface area (Å²) in [6.45, 7) is 17.0. The molecule has 3 aliphatic rings. The molecule has 8 rings (SSSR count). The first-order valence-electron chi connectivity index (χ1n) is 28.0. The molecule has 0 saturated carbocycles. The van der Waals surface area contributed by atoms with Crippen molar-refractivity contribution in [2.45, 2.75) is 118 Å². The van der Waals surface area contributed by atoms with Crippen molar-refractivity contribution in [3.8, 4) is 45.3 Å². The van der Waals surface area contributed by atoms with Crippen LogP contribution in [0, 0.1) is 0 Å². The largest absolute Gasteiger partial charge is 0.499 e. The molecule has 3 aliphatic heterocycles. The quantitative estimate of drug-likeness (QED) is 0.0212. The van der Waals surface area contributed by atoms with Crippen LogP contribution in [0.25, 0.3) is 68.6 Å². The highest BCUT2D eigenvalue weighted by molar-refractivity contribution is 6.65. The minimum absolute atomic E-state index is 0.175. The molecule has 0 amide bonds. The number of carbonyl (C=O) groups is 4. The number of nitrogens with zero attached hydrogens (tertiary/aromatic N) is 2. The molecule has 8 bridgehead atoms.